The maximum Gasteiger partial charge on any atom is 0.446 e. The first-order chi connectivity index (χ1) is 20.9. The molecule has 0 saturated heterocycles. The van der Waals surface area contributed by atoms with E-state index in [9.17, 15) is 37.5 Å². The van der Waals surface area contributed by atoms with E-state index >= 15 is 0 Å². The number of hydrogen-bond donors (Lipinski definition) is 3. The minimum absolute atomic E-state index is 0.0186. The van der Waals surface area contributed by atoms with Crippen molar-refractivity contribution in [3.05, 3.63) is 131 Å². The number of carboxylic acids is 1. The molecular formula is C33H24F3NO6S. The van der Waals surface area contributed by atoms with Gasteiger partial charge in [-0.05, 0) is 70.9 Å². The number of carbonyl (C=O) groups is 4. The summed E-state index contributed by atoms with van der Waals surface area (Å²) in [5.74, 6) is -3.31. The number of Topliss-reactive ketones (excluding diaryl/α,β-unsaturated/α-hetero) is 1. The second-order valence-corrected chi connectivity index (χ2v) is 10.5. The summed E-state index contributed by atoms with van der Waals surface area (Å²) in [4.78, 5) is 49.9. The molecule has 0 aromatic heterocycles. The number of ketones is 2. The van der Waals surface area contributed by atoms with Gasteiger partial charge in [0.15, 0.2) is 17.7 Å². The van der Waals surface area contributed by atoms with Crippen molar-refractivity contribution < 1.29 is 42.6 Å². The predicted molar refractivity (Wildman–Crippen MR) is 159 cm³/mol. The first kappa shape index (κ1) is 31.9. The van der Waals surface area contributed by atoms with Crippen LogP contribution >= 0.6 is 11.8 Å². The largest absolute Gasteiger partial charge is 0.479 e. The fourth-order valence-corrected chi connectivity index (χ4v) is 4.63. The van der Waals surface area contributed by atoms with Crippen molar-refractivity contribution >= 4 is 40.8 Å². The van der Waals surface area contributed by atoms with E-state index in [0.29, 0.717) is 5.56 Å². The number of amides is 1. The van der Waals surface area contributed by atoms with E-state index in [4.69, 9.17) is 5.11 Å². The van der Waals surface area contributed by atoms with Gasteiger partial charge in [-0.1, -0.05) is 66.7 Å². The summed E-state index contributed by atoms with van der Waals surface area (Å²) in [6, 6.07) is 26.7. The molecule has 11 heteroatoms. The zero-order chi connectivity index (χ0) is 31.9. The highest BCUT2D eigenvalue weighted by Gasteiger charge is 2.29. The number of aliphatic carboxylic acids is 1. The van der Waals surface area contributed by atoms with E-state index < -0.39 is 41.6 Å². The molecule has 0 fully saturated rings. The first-order valence-corrected chi connectivity index (χ1v) is 13.8. The average molecular weight is 620 g/mol. The summed E-state index contributed by atoms with van der Waals surface area (Å²) in [6.07, 6.45) is -0.655. The number of halogens is 3. The normalized spacial score (nSPS) is 12.3. The van der Waals surface area contributed by atoms with Crippen molar-refractivity contribution in [3.8, 4) is 11.1 Å². The third-order valence-electron chi connectivity index (χ3n) is 6.35. The third-order valence-corrected chi connectivity index (χ3v) is 7.09. The maximum atomic E-state index is 13.7. The smallest absolute Gasteiger partial charge is 0.446 e. The van der Waals surface area contributed by atoms with Gasteiger partial charge < -0.3 is 15.5 Å². The number of nitrogens with one attached hydrogen (secondary N) is 1. The molecular weight excluding hydrogens is 595 g/mol. The number of alkyl halides is 3. The van der Waals surface area contributed by atoms with Gasteiger partial charge in [-0.2, -0.15) is 13.2 Å². The molecule has 224 valence electrons. The van der Waals surface area contributed by atoms with Gasteiger partial charge in [0.05, 0.1) is 6.54 Å². The van der Waals surface area contributed by atoms with E-state index in [0.717, 1.165) is 17.2 Å². The van der Waals surface area contributed by atoms with Crippen LogP contribution in [0.3, 0.4) is 0 Å². The van der Waals surface area contributed by atoms with Gasteiger partial charge in [-0.25, -0.2) is 4.79 Å². The SMILES string of the molecule is O=C(/C=C(\C(=O)c1ccc(C(=O)NCC(O)C(=O)O)cc1)c1ccc(-c2ccccc2)cc1)c1ccc(SC(F)(F)F)cc1. The molecule has 44 heavy (non-hydrogen) atoms. The van der Waals surface area contributed by atoms with Crippen molar-refractivity contribution in [2.45, 2.75) is 16.5 Å². The number of hydrogen-bond acceptors (Lipinski definition) is 6. The van der Waals surface area contributed by atoms with Gasteiger partial charge in [0.25, 0.3) is 5.91 Å². The molecule has 3 N–H and O–H groups in total. The maximum absolute atomic E-state index is 13.7. The van der Waals surface area contributed by atoms with E-state index in [1.807, 2.05) is 30.3 Å². The highest BCUT2D eigenvalue weighted by molar-refractivity contribution is 8.00. The van der Waals surface area contributed by atoms with Crippen LogP contribution in [0.15, 0.2) is 114 Å². The van der Waals surface area contributed by atoms with Crippen molar-refractivity contribution in [1.82, 2.24) is 5.32 Å². The van der Waals surface area contributed by atoms with Crippen LogP contribution in [-0.4, -0.2) is 51.8 Å². The Hall–Kier alpha value is -5.00. The van der Waals surface area contributed by atoms with Crippen LogP contribution in [0.2, 0.25) is 0 Å². The lowest BCUT2D eigenvalue weighted by Gasteiger charge is -2.11. The van der Waals surface area contributed by atoms with Crippen LogP contribution in [0.1, 0.15) is 36.6 Å². The van der Waals surface area contributed by atoms with E-state index in [1.165, 1.54) is 48.5 Å². The molecule has 0 bridgehead atoms. The molecule has 0 spiro atoms. The number of aliphatic hydroxyl groups is 1. The zero-order valence-corrected chi connectivity index (χ0v) is 23.6. The molecule has 1 amide bonds. The van der Waals surface area contributed by atoms with Gasteiger partial charge >= 0.3 is 11.5 Å². The number of allylic oxidation sites excluding steroid dienone is 2. The Morgan fingerprint density at radius 3 is 1.82 bits per heavy atom. The summed E-state index contributed by atoms with van der Waals surface area (Å²) >= 11 is -0.306. The molecule has 0 heterocycles. The molecule has 0 aliphatic carbocycles. The zero-order valence-electron chi connectivity index (χ0n) is 22.7. The van der Waals surface area contributed by atoms with Crippen LogP contribution < -0.4 is 5.32 Å². The number of benzene rings is 4. The topological polar surface area (TPSA) is 121 Å². The Morgan fingerprint density at radius 1 is 0.727 bits per heavy atom. The summed E-state index contributed by atoms with van der Waals surface area (Å²) in [5.41, 5.74) is -1.92. The fourth-order valence-electron chi connectivity index (χ4n) is 4.10. The fraction of sp³-hybridized carbons (Fsp3) is 0.0909. The van der Waals surface area contributed by atoms with Crippen molar-refractivity contribution in [2.75, 3.05) is 6.54 Å². The van der Waals surface area contributed by atoms with Crippen LogP contribution in [-0.2, 0) is 4.79 Å². The molecule has 4 rings (SSSR count). The Balaban J connectivity index is 1.63. The summed E-state index contributed by atoms with van der Waals surface area (Å²) in [7, 11) is 0. The molecule has 1 unspecified atom stereocenters. The Kier molecular flexibility index (Phi) is 10.1. The Bertz CT molecular complexity index is 1690. The lowest BCUT2D eigenvalue weighted by molar-refractivity contribution is -0.146. The van der Waals surface area contributed by atoms with E-state index in [1.54, 1.807) is 24.3 Å². The van der Waals surface area contributed by atoms with Crippen molar-refractivity contribution in [2.24, 2.45) is 0 Å². The molecule has 1 atom stereocenters. The van der Waals surface area contributed by atoms with Gasteiger partial charge in [0.1, 0.15) is 0 Å². The highest BCUT2D eigenvalue weighted by Crippen LogP contribution is 2.36. The quantitative estimate of drug-likeness (QED) is 0.103. The standard InChI is InChI=1S/C33H24F3NO6S/c34-33(35,36)44-26-16-14-23(15-17-26)28(38)18-27(22-8-6-21(7-9-22)20-4-2-1-3-5-20)30(40)24-10-12-25(13-11-24)31(41)37-19-29(39)32(42)43/h1-18,29,39H,19H2,(H,37,41)(H,42,43)/b27-18-. The van der Waals surface area contributed by atoms with Gasteiger partial charge in [-0.15, -0.1) is 0 Å². The average Bonchev–Trinajstić information content (AvgIpc) is 3.02. The second-order valence-electron chi connectivity index (χ2n) is 9.41. The molecule has 4 aromatic carbocycles. The molecule has 0 aliphatic heterocycles. The number of carbonyl (C=O) groups excluding carboxylic acids is 3. The van der Waals surface area contributed by atoms with Crippen LogP contribution in [0.5, 0.6) is 0 Å². The number of carboxylic acid groups (broad SMARTS) is 1. The highest BCUT2D eigenvalue weighted by atomic mass is 32.2. The number of thioether (sulfide) groups is 1. The summed E-state index contributed by atoms with van der Waals surface area (Å²) in [5, 5.41) is 20.4. The van der Waals surface area contributed by atoms with E-state index in [2.05, 4.69) is 5.32 Å². The van der Waals surface area contributed by atoms with Crippen molar-refractivity contribution in [3.63, 3.8) is 0 Å². The minimum Gasteiger partial charge on any atom is -0.479 e. The van der Waals surface area contributed by atoms with Crippen LogP contribution in [0, 0.1) is 0 Å². The molecule has 0 saturated carbocycles. The van der Waals surface area contributed by atoms with Gasteiger partial charge in [0.2, 0.25) is 0 Å². The summed E-state index contributed by atoms with van der Waals surface area (Å²) in [6.45, 7) is -0.515. The first-order valence-electron chi connectivity index (χ1n) is 13.0. The lowest BCUT2D eigenvalue weighted by Crippen LogP contribution is -2.36. The van der Waals surface area contributed by atoms with Crippen LogP contribution in [0.25, 0.3) is 16.7 Å². The molecule has 7 nitrogen and oxygen atoms in total. The third kappa shape index (κ3) is 8.52. The number of aliphatic hydroxyl groups excluding tert-OH is 1. The molecule has 0 aliphatic rings. The Morgan fingerprint density at radius 2 is 1.25 bits per heavy atom. The van der Waals surface area contributed by atoms with Crippen LogP contribution in [0.4, 0.5) is 13.2 Å². The Labute approximate surface area is 254 Å². The minimum atomic E-state index is -4.48. The monoisotopic (exact) mass is 619 g/mol. The predicted octanol–water partition coefficient (Wildman–Crippen LogP) is 6.29. The van der Waals surface area contributed by atoms with Gasteiger partial charge in [0, 0.05) is 27.2 Å². The second kappa shape index (κ2) is 14.0. The molecule has 4 aromatic rings. The number of rotatable bonds is 11. The molecule has 0 radical (unpaired) electrons. The summed E-state index contributed by atoms with van der Waals surface area (Å²) < 4.78 is 38.1. The van der Waals surface area contributed by atoms with E-state index in [-0.39, 0.29) is 38.9 Å². The van der Waals surface area contributed by atoms with Gasteiger partial charge in [-0.3, -0.25) is 14.4 Å². The lowest BCUT2D eigenvalue weighted by atomic mass is 9.92. The van der Waals surface area contributed by atoms with Crippen molar-refractivity contribution in [1.29, 1.82) is 0 Å².